The Kier molecular flexibility index (Phi) is 3.46. The van der Waals surface area contributed by atoms with Crippen LogP contribution >= 0.6 is 11.3 Å². The Bertz CT molecular complexity index is 733. The highest BCUT2D eigenvalue weighted by atomic mass is 32.1. The van der Waals surface area contributed by atoms with Gasteiger partial charge in [0.25, 0.3) is 0 Å². The lowest BCUT2D eigenvalue weighted by molar-refractivity contribution is -0.137. The van der Waals surface area contributed by atoms with Crippen molar-refractivity contribution < 1.29 is 14.4 Å². The summed E-state index contributed by atoms with van der Waals surface area (Å²) in [6, 6.07) is -0.631. The van der Waals surface area contributed by atoms with E-state index in [1.54, 1.807) is 0 Å². The summed E-state index contributed by atoms with van der Waals surface area (Å²) in [4.78, 5) is 39.9. The molecule has 3 rings (SSSR count). The minimum absolute atomic E-state index is 0.174. The first-order valence-electron chi connectivity index (χ1n) is 6.58. The van der Waals surface area contributed by atoms with Crippen molar-refractivity contribution in [3.8, 4) is 0 Å². The summed E-state index contributed by atoms with van der Waals surface area (Å²) < 4.78 is 1.88. The summed E-state index contributed by atoms with van der Waals surface area (Å²) in [5.41, 5.74) is 1.73. The molecule has 1 fully saturated rings. The lowest BCUT2D eigenvalue weighted by Gasteiger charge is -2.21. The van der Waals surface area contributed by atoms with Crippen LogP contribution in [-0.4, -0.2) is 33.1 Å². The molecule has 1 unspecified atom stereocenters. The van der Waals surface area contributed by atoms with Gasteiger partial charge in [-0.05, 0) is 13.3 Å². The van der Waals surface area contributed by atoms with E-state index in [1.807, 2.05) is 22.9 Å². The molecule has 7 nitrogen and oxygen atoms in total. The second kappa shape index (κ2) is 5.28. The highest BCUT2D eigenvalue weighted by Crippen LogP contribution is 2.17. The molecular weight excluding hydrogens is 292 g/mol. The third-order valence-corrected chi connectivity index (χ3v) is 4.21. The zero-order chi connectivity index (χ0) is 15.0. The lowest BCUT2D eigenvalue weighted by Crippen LogP contribution is -2.52. The highest BCUT2D eigenvalue weighted by molar-refractivity contribution is 7.15. The molecular formula is C13H14N4O3S. The number of carbonyl (C=O) groups is 3. The van der Waals surface area contributed by atoms with Crippen molar-refractivity contribution in [2.45, 2.75) is 32.2 Å². The van der Waals surface area contributed by atoms with E-state index < -0.39 is 11.9 Å². The van der Waals surface area contributed by atoms with Crippen molar-refractivity contribution in [1.29, 1.82) is 0 Å². The maximum Gasteiger partial charge on any atom is 0.249 e. The number of aryl methyl sites for hydroxylation is 1. The van der Waals surface area contributed by atoms with Gasteiger partial charge in [0, 0.05) is 23.7 Å². The van der Waals surface area contributed by atoms with Gasteiger partial charge in [-0.3, -0.25) is 24.1 Å². The van der Waals surface area contributed by atoms with Crippen LogP contribution in [0, 0.1) is 6.92 Å². The van der Waals surface area contributed by atoms with E-state index >= 15 is 0 Å². The van der Waals surface area contributed by atoms with Crippen molar-refractivity contribution in [1.82, 2.24) is 20.0 Å². The van der Waals surface area contributed by atoms with Gasteiger partial charge in [-0.15, -0.1) is 11.3 Å². The van der Waals surface area contributed by atoms with Crippen LogP contribution in [0.3, 0.4) is 0 Å². The van der Waals surface area contributed by atoms with E-state index in [0.29, 0.717) is 6.42 Å². The summed E-state index contributed by atoms with van der Waals surface area (Å²) in [5, 5.41) is 6.77. The van der Waals surface area contributed by atoms with Crippen LogP contribution < -0.4 is 10.6 Å². The fraction of sp³-hybridized carbons (Fsp3) is 0.385. The van der Waals surface area contributed by atoms with E-state index in [-0.39, 0.29) is 24.7 Å². The Morgan fingerprint density at radius 1 is 1.57 bits per heavy atom. The second-order valence-corrected chi connectivity index (χ2v) is 5.85. The Balaban J connectivity index is 1.66. The average molecular weight is 306 g/mol. The molecule has 0 bridgehead atoms. The number of thiazole rings is 1. The van der Waals surface area contributed by atoms with Crippen molar-refractivity contribution in [3.63, 3.8) is 0 Å². The van der Waals surface area contributed by atoms with E-state index in [1.165, 1.54) is 11.3 Å². The van der Waals surface area contributed by atoms with Gasteiger partial charge in [0.15, 0.2) is 4.96 Å². The first kappa shape index (κ1) is 13.7. The average Bonchev–Trinajstić information content (AvgIpc) is 2.94. The van der Waals surface area contributed by atoms with E-state index in [4.69, 9.17) is 0 Å². The number of carbonyl (C=O) groups excluding carboxylic acids is 3. The smallest absolute Gasteiger partial charge is 0.249 e. The molecule has 0 spiro atoms. The molecule has 0 saturated carbocycles. The SMILES string of the molecule is Cc1cn2c(CC(=O)NC3CCC(=O)NC3=O)csc2n1. The highest BCUT2D eigenvalue weighted by Gasteiger charge is 2.27. The van der Waals surface area contributed by atoms with Gasteiger partial charge in [0.2, 0.25) is 17.7 Å². The number of piperidine rings is 1. The molecule has 1 aliphatic heterocycles. The van der Waals surface area contributed by atoms with Crippen LogP contribution in [0.5, 0.6) is 0 Å². The molecule has 0 aromatic carbocycles. The Morgan fingerprint density at radius 2 is 2.38 bits per heavy atom. The van der Waals surface area contributed by atoms with E-state index in [2.05, 4.69) is 15.6 Å². The van der Waals surface area contributed by atoms with Gasteiger partial charge in [-0.2, -0.15) is 0 Å². The van der Waals surface area contributed by atoms with Crippen LogP contribution in [-0.2, 0) is 20.8 Å². The molecule has 0 aliphatic carbocycles. The molecule has 2 aromatic heterocycles. The van der Waals surface area contributed by atoms with Gasteiger partial charge in [-0.1, -0.05) is 0 Å². The number of imidazole rings is 1. The Labute approximate surface area is 124 Å². The number of imide groups is 1. The van der Waals surface area contributed by atoms with Crippen LogP contribution in [0.15, 0.2) is 11.6 Å². The maximum atomic E-state index is 12.1. The molecule has 3 amide bonds. The molecule has 1 saturated heterocycles. The second-order valence-electron chi connectivity index (χ2n) is 5.01. The molecule has 110 valence electrons. The van der Waals surface area contributed by atoms with E-state index in [0.717, 1.165) is 16.3 Å². The number of fused-ring (bicyclic) bond motifs is 1. The fourth-order valence-corrected chi connectivity index (χ4v) is 3.23. The number of nitrogens with one attached hydrogen (secondary N) is 2. The van der Waals surface area contributed by atoms with Crippen molar-refractivity contribution in [2.75, 3.05) is 0 Å². The zero-order valence-corrected chi connectivity index (χ0v) is 12.2. The summed E-state index contributed by atoms with van der Waals surface area (Å²) in [6.45, 7) is 1.90. The van der Waals surface area contributed by atoms with Crippen LogP contribution in [0.1, 0.15) is 24.2 Å². The normalized spacial score (nSPS) is 18.8. The number of nitrogens with zero attached hydrogens (tertiary/aromatic N) is 2. The molecule has 2 N–H and O–H groups in total. The number of hydrogen-bond acceptors (Lipinski definition) is 5. The van der Waals surface area contributed by atoms with Gasteiger partial charge in [0.1, 0.15) is 6.04 Å². The third kappa shape index (κ3) is 2.80. The Morgan fingerprint density at radius 3 is 3.14 bits per heavy atom. The van der Waals surface area contributed by atoms with Crippen LogP contribution in [0.4, 0.5) is 0 Å². The number of rotatable bonds is 3. The molecule has 3 heterocycles. The first-order valence-corrected chi connectivity index (χ1v) is 7.46. The summed E-state index contributed by atoms with van der Waals surface area (Å²) in [7, 11) is 0. The topological polar surface area (TPSA) is 92.6 Å². The van der Waals surface area contributed by atoms with Gasteiger partial charge in [0.05, 0.1) is 12.1 Å². The molecule has 0 radical (unpaired) electrons. The minimum atomic E-state index is -0.631. The van der Waals surface area contributed by atoms with Gasteiger partial charge < -0.3 is 5.32 Å². The number of amides is 3. The summed E-state index contributed by atoms with van der Waals surface area (Å²) in [6.07, 6.45) is 2.65. The number of hydrogen-bond donors (Lipinski definition) is 2. The number of aromatic nitrogens is 2. The maximum absolute atomic E-state index is 12.1. The summed E-state index contributed by atoms with van der Waals surface area (Å²) in [5.74, 6) is -0.969. The monoisotopic (exact) mass is 306 g/mol. The van der Waals surface area contributed by atoms with Crippen molar-refractivity contribution in [3.05, 3.63) is 23.0 Å². The third-order valence-electron chi connectivity index (χ3n) is 3.32. The van der Waals surface area contributed by atoms with Gasteiger partial charge in [-0.25, -0.2) is 4.98 Å². The predicted octanol–water partition coefficient (Wildman–Crippen LogP) is 0.168. The minimum Gasteiger partial charge on any atom is -0.344 e. The zero-order valence-electron chi connectivity index (χ0n) is 11.4. The molecule has 1 atom stereocenters. The predicted molar refractivity (Wildman–Crippen MR) is 75.8 cm³/mol. The van der Waals surface area contributed by atoms with E-state index in [9.17, 15) is 14.4 Å². The first-order chi connectivity index (χ1) is 10.0. The largest absolute Gasteiger partial charge is 0.344 e. The summed E-state index contributed by atoms with van der Waals surface area (Å²) >= 11 is 1.47. The Hall–Kier alpha value is -2.22. The molecule has 1 aliphatic rings. The lowest BCUT2D eigenvalue weighted by atomic mass is 10.1. The standard InChI is InChI=1S/C13H14N4O3S/c1-7-5-17-8(6-21-13(17)14-7)4-11(19)15-9-2-3-10(18)16-12(9)20/h5-6,9H,2-4H2,1H3,(H,15,19)(H,16,18,20). The quantitative estimate of drug-likeness (QED) is 0.791. The molecule has 2 aromatic rings. The molecule has 8 heteroatoms. The molecule has 21 heavy (non-hydrogen) atoms. The van der Waals surface area contributed by atoms with Gasteiger partial charge >= 0.3 is 0 Å². The van der Waals surface area contributed by atoms with Crippen LogP contribution in [0.2, 0.25) is 0 Å². The fourth-order valence-electron chi connectivity index (χ4n) is 2.31. The van der Waals surface area contributed by atoms with Crippen LogP contribution in [0.25, 0.3) is 4.96 Å². The van der Waals surface area contributed by atoms with Crippen molar-refractivity contribution in [2.24, 2.45) is 0 Å². The van der Waals surface area contributed by atoms with Crippen molar-refractivity contribution >= 4 is 34.0 Å².